The molecular formula is C25H40N6O3S. The summed E-state index contributed by atoms with van der Waals surface area (Å²) in [6.07, 6.45) is 7.21. The molecule has 0 radical (unpaired) electrons. The lowest BCUT2D eigenvalue weighted by molar-refractivity contribution is 0.0984. The van der Waals surface area contributed by atoms with Gasteiger partial charge in [-0.1, -0.05) is 38.5 Å². The van der Waals surface area contributed by atoms with Crippen molar-refractivity contribution in [3.63, 3.8) is 0 Å². The van der Waals surface area contributed by atoms with Crippen molar-refractivity contribution in [2.45, 2.75) is 58.4 Å². The van der Waals surface area contributed by atoms with Crippen LogP contribution < -0.4 is 5.73 Å². The van der Waals surface area contributed by atoms with Crippen LogP contribution in [0.2, 0.25) is 0 Å². The van der Waals surface area contributed by atoms with Crippen LogP contribution in [0.4, 0.5) is 5.82 Å². The number of ether oxygens (including phenoxy) is 1. The normalized spacial score (nSPS) is 13.4. The van der Waals surface area contributed by atoms with Crippen molar-refractivity contribution in [1.82, 2.24) is 23.1 Å². The molecule has 194 valence electrons. The second-order valence-electron chi connectivity index (χ2n) is 9.10. The minimum absolute atomic E-state index is 0.139. The molecule has 2 N–H and O–H groups in total. The Bertz CT molecular complexity index is 1190. The maximum atomic E-state index is 12.5. The van der Waals surface area contributed by atoms with Crippen LogP contribution in [0.3, 0.4) is 0 Å². The fraction of sp³-hybridized carbons (Fsp3) is 0.600. The Hall–Kier alpha value is -2.27. The molecule has 2 aromatic heterocycles. The zero-order valence-corrected chi connectivity index (χ0v) is 22.3. The number of pyridine rings is 1. The van der Waals surface area contributed by atoms with E-state index in [0.717, 1.165) is 60.5 Å². The third-order valence-corrected chi connectivity index (χ3v) is 8.30. The number of hydrogen-bond donors (Lipinski definition) is 1. The van der Waals surface area contributed by atoms with Crippen LogP contribution in [0.25, 0.3) is 21.9 Å². The maximum absolute atomic E-state index is 12.5. The Balaban J connectivity index is 1.53. The molecule has 1 atom stereocenters. The van der Waals surface area contributed by atoms with Crippen LogP contribution in [0.1, 0.15) is 58.4 Å². The molecular weight excluding hydrogens is 464 g/mol. The summed E-state index contributed by atoms with van der Waals surface area (Å²) in [6, 6.07) is 8.12. The van der Waals surface area contributed by atoms with Gasteiger partial charge in [0.15, 0.2) is 5.82 Å². The fourth-order valence-corrected chi connectivity index (χ4v) is 5.42. The molecule has 9 nitrogen and oxygen atoms in total. The molecule has 0 saturated carbocycles. The molecule has 0 bridgehead atoms. The van der Waals surface area contributed by atoms with Crippen LogP contribution in [0.5, 0.6) is 0 Å². The van der Waals surface area contributed by atoms with Gasteiger partial charge >= 0.3 is 0 Å². The highest BCUT2D eigenvalue weighted by Gasteiger charge is 2.23. The Kier molecular flexibility index (Phi) is 9.85. The number of para-hydroxylation sites is 1. The average Bonchev–Trinajstić information content (AvgIpc) is 3.28. The molecule has 0 spiro atoms. The number of unbranched alkanes of at least 4 members (excludes halogenated alkanes) is 3. The van der Waals surface area contributed by atoms with Gasteiger partial charge in [-0.3, -0.25) is 0 Å². The van der Waals surface area contributed by atoms with E-state index >= 15 is 0 Å². The number of fused-ring (bicyclic) bond motifs is 3. The third-order valence-electron chi connectivity index (χ3n) is 6.36. The van der Waals surface area contributed by atoms with E-state index in [0.29, 0.717) is 32.1 Å². The van der Waals surface area contributed by atoms with Gasteiger partial charge < -0.3 is 15.0 Å². The number of benzene rings is 1. The second kappa shape index (κ2) is 12.6. The van der Waals surface area contributed by atoms with E-state index in [1.54, 1.807) is 18.4 Å². The van der Waals surface area contributed by atoms with Gasteiger partial charge in [-0.2, -0.15) is 17.0 Å². The summed E-state index contributed by atoms with van der Waals surface area (Å²) in [4.78, 5) is 9.03. The lowest BCUT2D eigenvalue weighted by Gasteiger charge is -2.25. The molecule has 3 aromatic rings. The number of nitrogens with zero attached hydrogens (tertiary/aromatic N) is 5. The predicted octanol–water partition coefficient (Wildman–Crippen LogP) is 4.21. The van der Waals surface area contributed by atoms with Gasteiger partial charge in [0.05, 0.1) is 30.0 Å². The zero-order valence-electron chi connectivity index (χ0n) is 21.5. The highest BCUT2D eigenvalue weighted by molar-refractivity contribution is 7.86. The summed E-state index contributed by atoms with van der Waals surface area (Å²) in [5, 5.41) is 1.04. The average molecular weight is 505 g/mol. The first-order chi connectivity index (χ1) is 16.8. The first kappa shape index (κ1) is 27.3. The van der Waals surface area contributed by atoms with Crippen molar-refractivity contribution in [2.24, 2.45) is 0 Å². The van der Waals surface area contributed by atoms with Crippen LogP contribution in [0.15, 0.2) is 30.6 Å². The molecule has 10 heteroatoms. The molecule has 0 saturated heterocycles. The van der Waals surface area contributed by atoms with Crippen LogP contribution >= 0.6 is 0 Å². The molecule has 35 heavy (non-hydrogen) atoms. The van der Waals surface area contributed by atoms with Crippen LogP contribution in [-0.4, -0.2) is 72.0 Å². The summed E-state index contributed by atoms with van der Waals surface area (Å²) >= 11 is 0. The topological polar surface area (TPSA) is 107 Å². The highest BCUT2D eigenvalue weighted by Crippen LogP contribution is 2.30. The van der Waals surface area contributed by atoms with Gasteiger partial charge in [0, 0.05) is 39.2 Å². The van der Waals surface area contributed by atoms with Crippen molar-refractivity contribution in [1.29, 1.82) is 0 Å². The molecule has 1 unspecified atom stereocenters. The first-order valence-electron chi connectivity index (χ1n) is 12.6. The van der Waals surface area contributed by atoms with Gasteiger partial charge in [-0.15, -0.1) is 0 Å². The van der Waals surface area contributed by atoms with E-state index in [9.17, 15) is 8.42 Å². The second-order valence-corrected chi connectivity index (χ2v) is 11.2. The van der Waals surface area contributed by atoms with Gasteiger partial charge in [0.1, 0.15) is 5.52 Å². The van der Waals surface area contributed by atoms with E-state index < -0.39 is 10.2 Å². The largest absolute Gasteiger partial charge is 0.382 e. The number of anilines is 1. The van der Waals surface area contributed by atoms with Crippen molar-refractivity contribution >= 4 is 38.0 Å². The molecule has 3 rings (SSSR count). The molecule has 0 aliphatic rings. The SMILES string of the molecule is CCCCN(CCCCCOCC(CC)n1cnc2c(N)nc3ccccc3c21)S(=O)(=O)N(C)C. The van der Waals surface area contributed by atoms with E-state index in [4.69, 9.17) is 10.5 Å². The number of aromatic nitrogens is 3. The third kappa shape index (κ3) is 6.49. The van der Waals surface area contributed by atoms with Crippen LogP contribution in [-0.2, 0) is 14.9 Å². The highest BCUT2D eigenvalue weighted by atomic mass is 32.2. The Labute approximate surface area is 209 Å². The number of rotatable bonds is 15. The Morgan fingerprint density at radius 2 is 1.83 bits per heavy atom. The van der Waals surface area contributed by atoms with Crippen molar-refractivity contribution < 1.29 is 13.2 Å². The maximum Gasteiger partial charge on any atom is 0.281 e. The van der Waals surface area contributed by atoms with Gasteiger partial charge in [-0.05, 0) is 38.2 Å². The van der Waals surface area contributed by atoms with E-state index in [1.165, 1.54) is 4.31 Å². The van der Waals surface area contributed by atoms with Crippen molar-refractivity contribution in [3.05, 3.63) is 30.6 Å². The smallest absolute Gasteiger partial charge is 0.281 e. The van der Waals surface area contributed by atoms with Gasteiger partial charge in [-0.25, -0.2) is 9.97 Å². The van der Waals surface area contributed by atoms with Gasteiger partial charge in [0.2, 0.25) is 0 Å². The van der Waals surface area contributed by atoms with Gasteiger partial charge in [0.25, 0.3) is 10.2 Å². The first-order valence-corrected chi connectivity index (χ1v) is 14.0. The molecule has 0 amide bonds. The Morgan fingerprint density at radius 1 is 1.09 bits per heavy atom. The number of nitrogens with two attached hydrogens (primary N) is 1. The van der Waals surface area contributed by atoms with E-state index in [-0.39, 0.29) is 6.04 Å². The summed E-state index contributed by atoms with van der Waals surface area (Å²) in [5.41, 5.74) is 8.76. The quantitative estimate of drug-likeness (QED) is 0.311. The molecule has 0 aliphatic carbocycles. The number of hydrogen-bond acceptors (Lipinski definition) is 6. The van der Waals surface area contributed by atoms with E-state index in [1.807, 2.05) is 24.5 Å². The van der Waals surface area contributed by atoms with Crippen molar-refractivity contribution in [3.8, 4) is 0 Å². The lowest BCUT2D eigenvalue weighted by Crippen LogP contribution is -2.41. The van der Waals surface area contributed by atoms with E-state index in [2.05, 4.69) is 34.4 Å². The number of nitrogen functional groups attached to an aromatic ring is 1. The summed E-state index contributed by atoms with van der Waals surface area (Å²) in [6.45, 7) is 6.55. The summed E-state index contributed by atoms with van der Waals surface area (Å²) < 4.78 is 36.1. The lowest BCUT2D eigenvalue weighted by atomic mass is 10.1. The zero-order chi connectivity index (χ0) is 25.4. The predicted molar refractivity (Wildman–Crippen MR) is 143 cm³/mol. The molecule has 1 aromatic carbocycles. The standard InChI is InChI=1S/C25H40N6O3S/c1-5-7-15-30(35(32,33)29(3)4)16-11-8-12-17-34-18-20(6-2)31-19-27-23-24(31)21-13-9-10-14-22(21)28-25(23)26/h9-10,13-14,19-20H,5-8,11-12,15-18H2,1-4H3,(H2,26,28). The van der Waals surface area contributed by atoms with Crippen molar-refractivity contribution in [2.75, 3.05) is 46.1 Å². The van der Waals surface area contributed by atoms with Crippen LogP contribution in [0, 0.1) is 0 Å². The minimum Gasteiger partial charge on any atom is -0.382 e. The summed E-state index contributed by atoms with van der Waals surface area (Å²) in [5.74, 6) is 0.442. The molecule has 2 heterocycles. The molecule has 0 aliphatic heterocycles. The minimum atomic E-state index is -3.37. The Morgan fingerprint density at radius 3 is 2.54 bits per heavy atom. The number of imidazole rings is 1. The summed E-state index contributed by atoms with van der Waals surface area (Å²) in [7, 11) is -0.198. The fourth-order valence-electron chi connectivity index (χ4n) is 4.24. The molecule has 0 fully saturated rings. The monoisotopic (exact) mass is 504 g/mol.